The van der Waals surface area contributed by atoms with Gasteiger partial charge in [0.15, 0.2) is 12.2 Å². The van der Waals surface area contributed by atoms with E-state index in [4.69, 9.17) is 79.1 Å². The lowest BCUT2D eigenvalue weighted by molar-refractivity contribution is -0.142. The fraction of sp³-hybridized carbons (Fsp3) is 0.333. The smallest absolute Gasteiger partial charge is 0.327 e. The summed E-state index contributed by atoms with van der Waals surface area (Å²) in [7, 11) is 1.96. The number of rotatable bonds is 15. The van der Waals surface area contributed by atoms with E-state index in [-0.39, 0.29) is 53.1 Å². The summed E-state index contributed by atoms with van der Waals surface area (Å²) in [5, 5.41) is 24.6. The Labute approximate surface area is 278 Å². The molecular weight excluding hydrogens is 721 g/mol. The Morgan fingerprint density at radius 3 is 1.26 bits per heavy atom. The van der Waals surface area contributed by atoms with Crippen LogP contribution in [0.15, 0.2) is 24.3 Å². The molecule has 0 fully saturated rings. The second-order valence-electron chi connectivity index (χ2n) is 8.28. The summed E-state index contributed by atoms with van der Waals surface area (Å²) in [4.78, 5) is 48.5. The summed E-state index contributed by atoms with van der Waals surface area (Å²) in [6.45, 7) is 2.77. The molecule has 0 saturated heterocycles. The van der Waals surface area contributed by atoms with Crippen LogP contribution in [0.25, 0.3) is 0 Å². The Bertz CT molecular complexity index is 1240. The molecule has 4 N–H and O–H groups in total. The van der Waals surface area contributed by atoms with Crippen LogP contribution in [0.1, 0.15) is 13.8 Å². The van der Waals surface area contributed by atoms with E-state index in [1.165, 1.54) is 38.1 Å². The van der Waals surface area contributed by atoms with Gasteiger partial charge < -0.3 is 30.3 Å². The van der Waals surface area contributed by atoms with Gasteiger partial charge in [-0.2, -0.15) is 0 Å². The van der Waals surface area contributed by atoms with Gasteiger partial charge in [0, 0.05) is 23.6 Å². The predicted octanol–water partition coefficient (Wildman–Crippen LogP) is 6.36. The number of hydrogen-bond donors (Lipinski definition) is 4. The van der Waals surface area contributed by atoms with Crippen molar-refractivity contribution in [1.82, 2.24) is 10.6 Å². The minimum atomic E-state index is -1.34. The summed E-state index contributed by atoms with van der Waals surface area (Å²) < 4.78 is 11.0. The molecule has 0 heterocycles. The number of carboxylic acids is 2. The van der Waals surface area contributed by atoms with Crippen molar-refractivity contribution >= 4 is 115 Å². The Morgan fingerprint density at radius 2 is 0.952 bits per heavy atom. The van der Waals surface area contributed by atoms with Gasteiger partial charge in [0.25, 0.3) is 11.8 Å². The molecule has 4 atom stereocenters. The van der Waals surface area contributed by atoms with Crippen LogP contribution < -0.4 is 20.1 Å². The van der Waals surface area contributed by atoms with E-state index in [1.54, 1.807) is 0 Å². The highest BCUT2D eigenvalue weighted by molar-refractivity contribution is 8.76. The third-order valence-electron chi connectivity index (χ3n) is 5.08. The number of carboxylic acid groups (broad SMARTS) is 2. The molecule has 0 radical (unpaired) electrons. The fourth-order valence-corrected chi connectivity index (χ4v) is 6.31. The lowest BCUT2D eigenvalue weighted by Crippen LogP contribution is -2.48. The summed E-state index contributed by atoms with van der Waals surface area (Å²) in [6.07, 6.45) is -2.29. The SMILES string of the molecule is CC(Oc1cc(Cl)c(Cl)cc1Cl)C(=O)NC(CSSCC(NC(=O)C(C)Oc1cc(Cl)c(Cl)cc1Cl)C(=O)O)C(=O)O. The molecule has 2 aromatic rings. The van der Waals surface area contributed by atoms with Crippen molar-refractivity contribution in [3.8, 4) is 11.5 Å². The molecule has 0 aromatic heterocycles. The summed E-state index contributed by atoms with van der Waals surface area (Å²) in [5.41, 5.74) is 0. The van der Waals surface area contributed by atoms with Crippen molar-refractivity contribution in [2.24, 2.45) is 0 Å². The van der Waals surface area contributed by atoms with Crippen LogP contribution >= 0.6 is 91.2 Å². The van der Waals surface area contributed by atoms with Gasteiger partial charge in [-0.25, -0.2) is 9.59 Å². The average molecular weight is 743 g/mol. The zero-order valence-corrected chi connectivity index (χ0v) is 27.6. The van der Waals surface area contributed by atoms with Crippen LogP contribution in [-0.4, -0.2) is 69.8 Å². The highest BCUT2D eigenvalue weighted by Crippen LogP contribution is 2.35. The maximum Gasteiger partial charge on any atom is 0.327 e. The van der Waals surface area contributed by atoms with Gasteiger partial charge in [-0.1, -0.05) is 91.2 Å². The molecule has 0 bridgehead atoms. The van der Waals surface area contributed by atoms with E-state index in [1.807, 2.05) is 0 Å². The number of carbonyl (C=O) groups excluding carboxylic acids is 2. The van der Waals surface area contributed by atoms with Crippen molar-refractivity contribution in [3.05, 3.63) is 54.4 Å². The molecule has 0 spiro atoms. The third-order valence-corrected chi connectivity index (χ3v) is 9.53. The fourth-order valence-electron chi connectivity index (χ4n) is 2.84. The lowest BCUT2D eigenvalue weighted by atomic mass is 10.3. The predicted molar refractivity (Wildman–Crippen MR) is 167 cm³/mol. The molecule has 4 unspecified atom stereocenters. The van der Waals surface area contributed by atoms with Crippen molar-refractivity contribution in [1.29, 1.82) is 0 Å². The lowest BCUT2D eigenvalue weighted by Gasteiger charge is -2.20. The summed E-state index contributed by atoms with van der Waals surface area (Å²) >= 11 is 35.7. The maximum atomic E-state index is 12.6. The summed E-state index contributed by atoms with van der Waals surface area (Å²) in [5.74, 6) is -4.27. The van der Waals surface area contributed by atoms with Gasteiger partial charge in [-0.05, 0) is 26.0 Å². The van der Waals surface area contributed by atoms with Crippen LogP contribution in [0.2, 0.25) is 30.1 Å². The van der Waals surface area contributed by atoms with Crippen molar-refractivity contribution in [2.45, 2.75) is 38.1 Å². The molecule has 0 saturated carbocycles. The molecular formula is C24H22Cl6N2O8S2. The van der Waals surface area contributed by atoms with Gasteiger partial charge in [-0.3, -0.25) is 9.59 Å². The van der Waals surface area contributed by atoms with Gasteiger partial charge >= 0.3 is 11.9 Å². The van der Waals surface area contributed by atoms with Crippen LogP contribution in [-0.2, 0) is 19.2 Å². The molecule has 0 aliphatic carbocycles. The number of aliphatic carboxylic acids is 2. The highest BCUT2D eigenvalue weighted by Gasteiger charge is 2.27. The normalized spacial score (nSPS) is 13.8. The highest BCUT2D eigenvalue weighted by atomic mass is 35.5. The summed E-state index contributed by atoms with van der Waals surface area (Å²) in [6, 6.07) is 2.64. The topological polar surface area (TPSA) is 151 Å². The number of nitrogens with one attached hydrogen (secondary N) is 2. The molecule has 2 aromatic carbocycles. The number of halogens is 6. The van der Waals surface area contributed by atoms with Crippen molar-refractivity contribution in [2.75, 3.05) is 11.5 Å². The van der Waals surface area contributed by atoms with Crippen LogP contribution in [0.4, 0.5) is 0 Å². The average Bonchev–Trinajstić information content (AvgIpc) is 2.90. The van der Waals surface area contributed by atoms with E-state index in [0.29, 0.717) is 0 Å². The largest absolute Gasteiger partial charge is 0.480 e. The van der Waals surface area contributed by atoms with Crippen molar-refractivity contribution in [3.63, 3.8) is 0 Å². The molecule has 2 rings (SSSR count). The first kappa shape index (κ1) is 36.6. The first-order chi connectivity index (χ1) is 19.6. The number of hydrogen-bond acceptors (Lipinski definition) is 8. The van der Waals surface area contributed by atoms with Crippen LogP contribution in [0.5, 0.6) is 11.5 Å². The maximum absolute atomic E-state index is 12.6. The van der Waals surface area contributed by atoms with Crippen LogP contribution in [0, 0.1) is 0 Å². The monoisotopic (exact) mass is 740 g/mol. The minimum Gasteiger partial charge on any atom is -0.480 e. The van der Waals surface area contributed by atoms with Crippen molar-refractivity contribution < 1.29 is 38.9 Å². The van der Waals surface area contributed by atoms with Gasteiger partial charge in [0.05, 0.1) is 30.1 Å². The minimum absolute atomic E-state index is 0.0760. The first-order valence-electron chi connectivity index (χ1n) is 11.5. The molecule has 230 valence electrons. The second kappa shape index (κ2) is 17.0. The van der Waals surface area contributed by atoms with E-state index < -0.39 is 48.0 Å². The van der Waals surface area contributed by atoms with Gasteiger partial charge in [0.2, 0.25) is 0 Å². The molecule has 18 heteroatoms. The van der Waals surface area contributed by atoms with Gasteiger partial charge in [-0.15, -0.1) is 0 Å². The quantitative estimate of drug-likeness (QED) is 0.0922. The second-order valence-corrected chi connectivity index (χ2v) is 13.3. The molecule has 10 nitrogen and oxygen atoms in total. The van der Waals surface area contributed by atoms with E-state index in [0.717, 1.165) is 21.6 Å². The number of carbonyl (C=O) groups is 4. The zero-order chi connectivity index (χ0) is 31.7. The first-order valence-corrected chi connectivity index (χ1v) is 16.3. The standard InChI is InChI=1S/C24H22Cl6N2O8S2/c1-9(39-19-5-13(27)11(25)3-15(19)29)21(33)31-17(23(35)36)7-41-42-8-18(24(37)38)32-22(34)10(2)40-20-6-14(28)12(26)4-16(20)30/h3-6,9-10,17-18H,7-8H2,1-2H3,(H,31,33)(H,32,34)(H,35,36)(H,37,38). The Balaban J connectivity index is 1.88. The van der Waals surface area contributed by atoms with Crippen LogP contribution in [0.3, 0.4) is 0 Å². The number of benzene rings is 2. The number of ether oxygens (including phenoxy) is 2. The zero-order valence-electron chi connectivity index (χ0n) is 21.5. The number of amides is 2. The molecule has 0 aliphatic rings. The van der Waals surface area contributed by atoms with E-state index >= 15 is 0 Å². The molecule has 42 heavy (non-hydrogen) atoms. The Kier molecular flexibility index (Phi) is 14.8. The molecule has 2 amide bonds. The van der Waals surface area contributed by atoms with Gasteiger partial charge in [0.1, 0.15) is 23.6 Å². The molecule has 0 aliphatic heterocycles. The Morgan fingerprint density at radius 1 is 0.643 bits per heavy atom. The Hall–Kier alpha value is -1.64. The van der Waals surface area contributed by atoms with E-state index in [9.17, 15) is 29.4 Å². The van der Waals surface area contributed by atoms with E-state index in [2.05, 4.69) is 10.6 Å². The third kappa shape index (κ3) is 11.1.